The predicted molar refractivity (Wildman–Crippen MR) is 127 cm³/mol. The third-order valence-corrected chi connectivity index (χ3v) is 6.86. The number of rotatable bonds is 5. The van der Waals surface area contributed by atoms with Gasteiger partial charge in [-0.15, -0.1) is 5.10 Å². The summed E-state index contributed by atoms with van der Waals surface area (Å²) in [6.07, 6.45) is 4.35. The summed E-state index contributed by atoms with van der Waals surface area (Å²) in [5, 5.41) is 14.0. The molecule has 1 aromatic heterocycles. The van der Waals surface area contributed by atoms with E-state index in [2.05, 4.69) is 63.6 Å². The Morgan fingerprint density at radius 1 is 1.06 bits per heavy atom. The van der Waals surface area contributed by atoms with Gasteiger partial charge < -0.3 is 10.6 Å². The SMILES string of the molecule is C[C@@H]1CC[C@@H](C)N1Cc1ccc(C2=CC(c3nnn[nH]3)=C(N)N(c3cccc(F)c3F)C2)cc1. The molecule has 0 saturated carbocycles. The maximum atomic E-state index is 14.7. The fourth-order valence-corrected chi connectivity index (χ4v) is 4.84. The Bertz CT molecular complexity index is 1220. The Hall–Kier alpha value is -3.59. The van der Waals surface area contributed by atoms with Crippen LogP contribution in [0.5, 0.6) is 0 Å². The van der Waals surface area contributed by atoms with Crippen molar-refractivity contribution < 1.29 is 8.78 Å². The summed E-state index contributed by atoms with van der Waals surface area (Å²) in [6.45, 7) is 5.74. The molecule has 176 valence electrons. The zero-order valence-electron chi connectivity index (χ0n) is 19.2. The lowest BCUT2D eigenvalue weighted by Crippen LogP contribution is -2.34. The van der Waals surface area contributed by atoms with Crippen molar-refractivity contribution in [2.24, 2.45) is 5.73 Å². The number of halogens is 2. The van der Waals surface area contributed by atoms with E-state index in [1.807, 2.05) is 6.08 Å². The van der Waals surface area contributed by atoms with Crippen LogP contribution in [-0.2, 0) is 6.54 Å². The smallest absolute Gasteiger partial charge is 0.183 e. The van der Waals surface area contributed by atoms with Gasteiger partial charge in [-0.3, -0.25) is 4.90 Å². The molecule has 2 aliphatic heterocycles. The number of allylic oxidation sites excluding steroid dienone is 2. The topological polar surface area (TPSA) is 87.0 Å². The molecule has 2 aromatic carbocycles. The first-order chi connectivity index (χ1) is 16.4. The van der Waals surface area contributed by atoms with E-state index in [0.29, 0.717) is 23.5 Å². The number of nitrogens with zero attached hydrogens (tertiary/aromatic N) is 5. The van der Waals surface area contributed by atoms with E-state index in [0.717, 1.165) is 23.7 Å². The molecule has 0 bridgehead atoms. The van der Waals surface area contributed by atoms with Gasteiger partial charge in [0.25, 0.3) is 0 Å². The van der Waals surface area contributed by atoms with Gasteiger partial charge in [-0.25, -0.2) is 13.9 Å². The van der Waals surface area contributed by atoms with Crippen LogP contribution < -0.4 is 10.6 Å². The molecule has 0 unspecified atom stereocenters. The second kappa shape index (κ2) is 8.98. The zero-order valence-corrected chi connectivity index (χ0v) is 19.2. The summed E-state index contributed by atoms with van der Waals surface area (Å²) in [5.74, 6) is -1.30. The third kappa shape index (κ3) is 4.07. The van der Waals surface area contributed by atoms with Crippen LogP contribution in [0.4, 0.5) is 14.5 Å². The Kier molecular flexibility index (Phi) is 5.87. The van der Waals surface area contributed by atoms with Crippen LogP contribution in [0, 0.1) is 11.6 Å². The normalized spacial score (nSPS) is 21.3. The number of anilines is 1. The molecule has 7 nitrogen and oxygen atoms in total. The molecule has 1 fully saturated rings. The largest absolute Gasteiger partial charge is 0.384 e. The highest BCUT2D eigenvalue weighted by atomic mass is 19.2. The molecular weight excluding hydrogens is 436 g/mol. The van der Waals surface area contributed by atoms with Crippen molar-refractivity contribution in [2.45, 2.75) is 45.3 Å². The summed E-state index contributed by atoms with van der Waals surface area (Å²) >= 11 is 0. The molecule has 2 aliphatic rings. The predicted octanol–water partition coefficient (Wildman–Crippen LogP) is 4.08. The van der Waals surface area contributed by atoms with Crippen LogP contribution in [0.15, 0.2) is 54.4 Å². The molecule has 1 saturated heterocycles. The summed E-state index contributed by atoms with van der Waals surface area (Å²) in [4.78, 5) is 4.08. The average Bonchev–Trinajstić information content (AvgIpc) is 3.48. The first-order valence-electron chi connectivity index (χ1n) is 11.4. The lowest BCUT2D eigenvalue weighted by molar-refractivity contribution is 0.205. The van der Waals surface area contributed by atoms with Gasteiger partial charge in [-0.1, -0.05) is 30.3 Å². The van der Waals surface area contributed by atoms with Gasteiger partial charge in [0, 0.05) is 18.6 Å². The molecule has 3 heterocycles. The van der Waals surface area contributed by atoms with Gasteiger partial charge >= 0.3 is 0 Å². The molecule has 9 heteroatoms. The third-order valence-electron chi connectivity index (χ3n) is 6.86. The van der Waals surface area contributed by atoms with Gasteiger partial charge in [0.15, 0.2) is 17.5 Å². The van der Waals surface area contributed by atoms with E-state index in [-0.39, 0.29) is 18.1 Å². The molecule has 0 spiro atoms. The van der Waals surface area contributed by atoms with Crippen LogP contribution in [0.2, 0.25) is 0 Å². The lowest BCUT2D eigenvalue weighted by atomic mass is 9.97. The summed E-state index contributed by atoms with van der Waals surface area (Å²) in [6, 6.07) is 13.6. The molecule has 5 rings (SSSR count). The number of aromatic amines is 1. The maximum absolute atomic E-state index is 14.7. The van der Waals surface area contributed by atoms with E-state index in [1.54, 1.807) is 4.90 Å². The number of tetrazole rings is 1. The van der Waals surface area contributed by atoms with Crippen molar-refractivity contribution >= 4 is 16.8 Å². The summed E-state index contributed by atoms with van der Waals surface area (Å²) < 4.78 is 28.7. The Labute approximate surface area is 196 Å². The Morgan fingerprint density at radius 3 is 2.47 bits per heavy atom. The molecule has 0 aliphatic carbocycles. The number of hydrogen-bond donors (Lipinski definition) is 2. The van der Waals surface area contributed by atoms with Crippen LogP contribution in [0.3, 0.4) is 0 Å². The molecule has 0 radical (unpaired) electrons. The highest BCUT2D eigenvalue weighted by molar-refractivity contribution is 5.89. The summed E-state index contributed by atoms with van der Waals surface area (Å²) in [7, 11) is 0. The first-order valence-corrected chi connectivity index (χ1v) is 11.4. The number of aromatic nitrogens is 4. The second-order valence-electron chi connectivity index (χ2n) is 9.02. The minimum absolute atomic E-state index is 0.0571. The van der Waals surface area contributed by atoms with E-state index >= 15 is 0 Å². The minimum Gasteiger partial charge on any atom is -0.384 e. The van der Waals surface area contributed by atoms with E-state index in [9.17, 15) is 8.78 Å². The van der Waals surface area contributed by atoms with Crippen LogP contribution in [0.25, 0.3) is 11.1 Å². The van der Waals surface area contributed by atoms with Crippen molar-refractivity contribution in [2.75, 3.05) is 11.4 Å². The number of H-pyrrole nitrogens is 1. The number of hydrogen-bond acceptors (Lipinski definition) is 6. The number of nitrogens with two attached hydrogens (primary N) is 1. The van der Waals surface area contributed by atoms with Crippen molar-refractivity contribution in [1.82, 2.24) is 25.5 Å². The Morgan fingerprint density at radius 2 is 1.79 bits per heavy atom. The van der Waals surface area contributed by atoms with E-state index in [1.165, 1.54) is 30.5 Å². The van der Waals surface area contributed by atoms with Gasteiger partial charge in [-0.2, -0.15) is 0 Å². The van der Waals surface area contributed by atoms with E-state index < -0.39 is 11.6 Å². The summed E-state index contributed by atoms with van der Waals surface area (Å²) in [5.41, 5.74) is 10.1. The van der Waals surface area contributed by atoms with Crippen LogP contribution in [0.1, 0.15) is 43.6 Å². The fraction of sp³-hybridized carbons (Fsp3) is 0.320. The van der Waals surface area contributed by atoms with Gasteiger partial charge in [0.05, 0.1) is 17.8 Å². The van der Waals surface area contributed by atoms with Crippen molar-refractivity contribution in [1.29, 1.82) is 0 Å². The van der Waals surface area contributed by atoms with Gasteiger partial charge in [0.2, 0.25) is 0 Å². The van der Waals surface area contributed by atoms with E-state index in [4.69, 9.17) is 5.73 Å². The second-order valence-corrected chi connectivity index (χ2v) is 9.02. The fourth-order valence-electron chi connectivity index (χ4n) is 4.84. The number of likely N-dealkylation sites (tertiary alicyclic amines) is 1. The number of benzene rings is 2. The Balaban J connectivity index is 1.48. The van der Waals surface area contributed by atoms with Crippen LogP contribution >= 0.6 is 0 Å². The molecule has 34 heavy (non-hydrogen) atoms. The van der Waals surface area contributed by atoms with Crippen molar-refractivity contribution in [3.63, 3.8) is 0 Å². The molecular formula is C25H27F2N7. The highest BCUT2D eigenvalue weighted by Crippen LogP contribution is 2.34. The zero-order chi connectivity index (χ0) is 23.8. The standard InChI is InChI=1S/C25H27F2N7/c1-15-6-7-16(2)33(15)13-17-8-10-18(11-9-17)19-12-20(25-29-31-32-30-25)24(28)34(14-19)22-5-3-4-21(26)23(22)27/h3-5,8-12,15-16H,6-7,13-14,28H2,1-2H3,(H,29,30,31,32)/t15-,16-/m1/s1. The number of nitrogens with one attached hydrogen (secondary N) is 1. The van der Waals surface area contributed by atoms with Crippen molar-refractivity contribution in [3.8, 4) is 0 Å². The first kappa shape index (κ1) is 22.2. The molecule has 3 aromatic rings. The lowest BCUT2D eigenvalue weighted by Gasteiger charge is -2.31. The highest BCUT2D eigenvalue weighted by Gasteiger charge is 2.28. The molecule has 3 N–H and O–H groups in total. The monoisotopic (exact) mass is 463 g/mol. The van der Waals surface area contributed by atoms with Gasteiger partial charge in [0.1, 0.15) is 5.82 Å². The maximum Gasteiger partial charge on any atom is 0.183 e. The van der Waals surface area contributed by atoms with Crippen molar-refractivity contribution in [3.05, 3.63) is 82.9 Å². The molecule has 2 atom stereocenters. The van der Waals surface area contributed by atoms with Crippen LogP contribution in [-0.4, -0.2) is 44.2 Å². The van der Waals surface area contributed by atoms with Gasteiger partial charge in [-0.05, 0) is 72.0 Å². The quantitative estimate of drug-likeness (QED) is 0.593. The average molecular weight is 464 g/mol. The molecule has 0 amide bonds. The minimum atomic E-state index is -0.953.